The molecule has 0 saturated heterocycles. The van der Waals surface area contributed by atoms with Gasteiger partial charge in [0, 0.05) is 0 Å². The van der Waals surface area contributed by atoms with Gasteiger partial charge in [-0.15, -0.1) is 0 Å². The van der Waals surface area contributed by atoms with E-state index in [9.17, 15) is 17.8 Å². The van der Waals surface area contributed by atoms with E-state index in [0.717, 1.165) is 14.2 Å². The van der Waals surface area contributed by atoms with E-state index in [0.29, 0.717) is 0 Å². The summed E-state index contributed by atoms with van der Waals surface area (Å²) in [5.41, 5.74) is 0. The molecule has 0 bridgehead atoms. The van der Waals surface area contributed by atoms with Gasteiger partial charge in [0.25, 0.3) is 0 Å². The van der Waals surface area contributed by atoms with E-state index < -0.39 is 30.2 Å². The van der Waals surface area contributed by atoms with E-state index in [-0.39, 0.29) is 6.61 Å². The zero-order chi connectivity index (χ0) is 12.8. The summed E-state index contributed by atoms with van der Waals surface area (Å²) in [5, 5.41) is 0. The predicted octanol–water partition coefficient (Wildman–Crippen LogP) is -0.0955. The molecule has 2 atom stereocenters. The van der Waals surface area contributed by atoms with Crippen LogP contribution in [0.25, 0.3) is 0 Å². The number of methoxy groups -OCH3 is 1. The van der Waals surface area contributed by atoms with E-state index in [1.807, 2.05) is 0 Å². The van der Waals surface area contributed by atoms with Crippen molar-refractivity contribution in [3.05, 3.63) is 0 Å². The summed E-state index contributed by atoms with van der Waals surface area (Å²) in [6.07, 6.45) is 0. The summed E-state index contributed by atoms with van der Waals surface area (Å²) >= 11 is 0. The molecule has 0 aromatic heterocycles. The van der Waals surface area contributed by atoms with Gasteiger partial charge >= 0.3 is 16.4 Å². The normalized spacial score (nSPS) is 15.4. The minimum Gasteiger partial charge on any atom is -0.467 e. The molecule has 0 aromatic carbocycles. The molecule has 0 aliphatic heterocycles. The molecular formula is C6H13O8PS. The topological polar surface area (TPSA) is 105 Å². The largest absolute Gasteiger partial charge is 0.467 e. The third-order valence-corrected chi connectivity index (χ3v) is 3.70. The first kappa shape index (κ1) is 15.5. The van der Waals surface area contributed by atoms with E-state index in [1.54, 1.807) is 0 Å². The standard InChI is InChI=1S/C6H13O8PS/c1-4-13-15(8)6(5(7)11-2)14-16(9,10)12-3/h6,15H,4H2,1-3H3. The number of hydrogen-bond donors (Lipinski definition) is 0. The van der Waals surface area contributed by atoms with Gasteiger partial charge in [-0.2, -0.15) is 8.42 Å². The second kappa shape index (κ2) is 6.97. The Hall–Kier alpha value is -0.470. The molecule has 0 N–H and O–H groups in total. The van der Waals surface area contributed by atoms with E-state index in [2.05, 4.69) is 17.6 Å². The van der Waals surface area contributed by atoms with Gasteiger partial charge < -0.3 is 9.26 Å². The van der Waals surface area contributed by atoms with Gasteiger partial charge in [0.1, 0.15) is 0 Å². The third-order valence-electron chi connectivity index (χ3n) is 1.33. The molecule has 0 aliphatic carbocycles. The van der Waals surface area contributed by atoms with Crippen LogP contribution >= 0.6 is 8.03 Å². The first-order chi connectivity index (χ1) is 7.37. The van der Waals surface area contributed by atoms with Crippen molar-refractivity contribution < 1.29 is 35.4 Å². The van der Waals surface area contributed by atoms with Gasteiger partial charge in [-0.3, -0.25) is 8.75 Å². The first-order valence-corrected chi connectivity index (χ1v) is 6.84. The molecule has 0 rings (SSSR count). The highest BCUT2D eigenvalue weighted by molar-refractivity contribution is 7.82. The summed E-state index contributed by atoms with van der Waals surface area (Å²) in [7, 11) is -5.60. The second-order valence-electron chi connectivity index (χ2n) is 2.33. The molecule has 8 nitrogen and oxygen atoms in total. The second-order valence-corrected chi connectivity index (χ2v) is 5.12. The monoisotopic (exact) mass is 276 g/mol. The Morgan fingerprint density at radius 1 is 1.38 bits per heavy atom. The van der Waals surface area contributed by atoms with Crippen LogP contribution in [0.4, 0.5) is 0 Å². The highest BCUT2D eigenvalue weighted by atomic mass is 32.3. The Morgan fingerprint density at radius 2 is 1.94 bits per heavy atom. The highest BCUT2D eigenvalue weighted by Crippen LogP contribution is 2.32. The van der Waals surface area contributed by atoms with Crippen LogP contribution in [-0.4, -0.2) is 41.1 Å². The van der Waals surface area contributed by atoms with Gasteiger partial charge in [0.2, 0.25) is 13.9 Å². The summed E-state index contributed by atoms with van der Waals surface area (Å²) < 4.78 is 50.2. The zero-order valence-corrected chi connectivity index (χ0v) is 10.8. The summed E-state index contributed by atoms with van der Waals surface area (Å²) in [6, 6.07) is 0. The molecular weight excluding hydrogens is 263 g/mol. The average Bonchev–Trinajstić information content (AvgIpc) is 2.25. The van der Waals surface area contributed by atoms with Gasteiger partial charge in [0.15, 0.2) is 0 Å². The van der Waals surface area contributed by atoms with Gasteiger partial charge in [-0.1, -0.05) is 0 Å². The minimum absolute atomic E-state index is 0.0433. The number of esters is 1. The summed E-state index contributed by atoms with van der Waals surface area (Å²) in [5.74, 6) is -2.95. The van der Waals surface area contributed by atoms with E-state index in [1.165, 1.54) is 6.92 Å². The van der Waals surface area contributed by atoms with Crippen LogP contribution in [0.15, 0.2) is 0 Å². The van der Waals surface area contributed by atoms with Gasteiger partial charge in [0.05, 0.1) is 20.8 Å². The Bertz CT molecular complexity index is 350. The van der Waals surface area contributed by atoms with Crippen molar-refractivity contribution in [2.75, 3.05) is 20.8 Å². The van der Waals surface area contributed by atoms with Crippen molar-refractivity contribution in [3.8, 4) is 0 Å². The van der Waals surface area contributed by atoms with Gasteiger partial charge in [-0.05, 0) is 6.92 Å². The van der Waals surface area contributed by atoms with Crippen LogP contribution in [-0.2, 0) is 37.4 Å². The molecule has 16 heavy (non-hydrogen) atoms. The Balaban J connectivity index is 4.83. The summed E-state index contributed by atoms with van der Waals surface area (Å²) in [4.78, 5) is 11.1. The van der Waals surface area contributed by atoms with Crippen LogP contribution in [0.3, 0.4) is 0 Å². The van der Waals surface area contributed by atoms with Gasteiger partial charge in [-0.25, -0.2) is 8.98 Å². The lowest BCUT2D eigenvalue weighted by atomic mass is 10.7. The smallest absolute Gasteiger partial charge is 0.400 e. The summed E-state index contributed by atoms with van der Waals surface area (Å²) in [6.45, 7) is 1.57. The fraction of sp³-hybridized carbons (Fsp3) is 0.833. The van der Waals surface area contributed by atoms with Crippen molar-refractivity contribution in [3.63, 3.8) is 0 Å². The van der Waals surface area contributed by atoms with Crippen LogP contribution in [0.1, 0.15) is 6.92 Å². The lowest BCUT2D eigenvalue weighted by Gasteiger charge is -2.13. The van der Waals surface area contributed by atoms with Crippen molar-refractivity contribution in [1.82, 2.24) is 0 Å². The van der Waals surface area contributed by atoms with Crippen LogP contribution in [0.5, 0.6) is 0 Å². The lowest BCUT2D eigenvalue weighted by Crippen LogP contribution is -2.26. The molecule has 10 heteroatoms. The lowest BCUT2D eigenvalue weighted by molar-refractivity contribution is -0.145. The molecule has 0 aromatic rings. The minimum atomic E-state index is -4.39. The molecule has 2 unspecified atom stereocenters. The van der Waals surface area contributed by atoms with Crippen molar-refractivity contribution in [2.24, 2.45) is 0 Å². The molecule has 0 aliphatic rings. The molecule has 0 amide bonds. The average molecular weight is 276 g/mol. The number of carbonyl (C=O) groups is 1. The molecule has 0 radical (unpaired) electrons. The zero-order valence-electron chi connectivity index (χ0n) is 8.96. The first-order valence-electron chi connectivity index (χ1n) is 4.11. The SMILES string of the molecule is CCO[PH](=O)C(OS(=O)(=O)OC)C(=O)OC. The maximum atomic E-state index is 11.4. The molecule has 0 fully saturated rings. The Labute approximate surface area is 94.0 Å². The molecule has 0 spiro atoms. The quantitative estimate of drug-likeness (QED) is 0.469. The number of carbonyl (C=O) groups excluding carboxylic acids is 1. The van der Waals surface area contributed by atoms with Crippen LogP contribution in [0, 0.1) is 0 Å². The number of ether oxygens (including phenoxy) is 1. The predicted molar refractivity (Wildman–Crippen MR) is 53.4 cm³/mol. The fourth-order valence-corrected chi connectivity index (χ4v) is 2.46. The van der Waals surface area contributed by atoms with Crippen molar-refractivity contribution in [2.45, 2.75) is 12.8 Å². The Morgan fingerprint density at radius 3 is 2.31 bits per heavy atom. The fourth-order valence-electron chi connectivity index (χ4n) is 0.657. The maximum Gasteiger partial charge on any atom is 0.400 e. The molecule has 0 saturated carbocycles. The molecule has 0 heterocycles. The number of rotatable bonds is 7. The van der Waals surface area contributed by atoms with Crippen LogP contribution in [0.2, 0.25) is 0 Å². The van der Waals surface area contributed by atoms with E-state index in [4.69, 9.17) is 0 Å². The third kappa shape index (κ3) is 5.04. The molecule has 96 valence electrons. The van der Waals surface area contributed by atoms with E-state index >= 15 is 0 Å². The Kier molecular flexibility index (Phi) is 6.77. The van der Waals surface area contributed by atoms with Crippen molar-refractivity contribution >= 4 is 24.4 Å². The van der Waals surface area contributed by atoms with Crippen LogP contribution < -0.4 is 0 Å². The highest BCUT2D eigenvalue weighted by Gasteiger charge is 2.33. The number of hydrogen-bond acceptors (Lipinski definition) is 8. The maximum absolute atomic E-state index is 11.4. The van der Waals surface area contributed by atoms with Crippen molar-refractivity contribution in [1.29, 1.82) is 0 Å².